The zero-order chi connectivity index (χ0) is 22.0. The maximum Gasteiger partial charge on any atom is 0.345 e. The van der Waals surface area contributed by atoms with E-state index in [1.54, 1.807) is 42.5 Å². The Labute approximate surface area is 177 Å². The van der Waals surface area contributed by atoms with Crippen molar-refractivity contribution in [3.8, 4) is 22.9 Å². The molecule has 7 heteroatoms. The molecule has 0 saturated carbocycles. The van der Waals surface area contributed by atoms with Gasteiger partial charge in [-0.3, -0.25) is 9.36 Å². The fraction of sp³-hybridized carbons (Fsp3) is 0.0833. The first-order valence-corrected chi connectivity index (χ1v) is 9.36. The molecule has 0 radical (unpaired) electrons. The van der Waals surface area contributed by atoms with Crippen LogP contribution in [-0.4, -0.2) is 24.8 Å². The van der Waals surface area contributed by atoms with Crippen LogP contribution < -0.4 is 19.8 Å². The van der Waals surface area contributed by atoms with Gasteiger partial charge in [-0.05, 0) is 30.3 Å². The third-order valence-electron chi connectivity index (χ3n) is 4.80. The molecule has 0 saturated heterocycles. The normalized spacial score (nSPS) is 10.7. The fourth-order valence-electron chi connectivity index (χ4n) is 3.31. The number of fused-ring (bicyclic) bond motifs is 1. The summed E-state index contributed by atoms with van der Waals surface area (Å²) in [7, 11) is 3.01. The van der Waals surface area contributed by atoms with Crippen LogP contribution in [0.2, 0.25) is 0 Å². The van der Waals surface area contributed by atoms with Gasteiger partial charge in [-0.1, -0.05) is 24.3 Å². The number of carbonyl (C=O) groups excluding carboxylic acids is 1. The lowest BCUT2D eigenvalue weighted by Crippen LogP contribution is -2.22. The van der Waals surface area contributed by atoms with Crippen LogP contribution in [0.5, 0.6) is 17.2 Å². The van der Waals surface area contributed by atoms with Gasteiger partial charge in [0.15, 0.2) is 11.5 Å². The molecular weight excluding hydrogens is 401 g/mol. The first-order valence-electron chi connectivity index (χ1n) is 9.36. The summed E-state index contributed by atoms with van der Waals surface area (Å²) < 4.78 is 30.8. The van der Waals surface area contributed by atoms with Gasteiger partial charge in [-0.2, -0.15) is 0 Å². The lowest BCUT2D eigenvalue weighted by atomic mass is 10.1. The number of halogens is 1. The summed E-state index contributed by atoms with van der Waals surface area (Å²) >= 11 is 0. The van der Waals surface area contributed by atoms with Crippen molar-refractivity contribution in [2.75, 3.05) is 14.2 Å². The number of carbonyl (C=O) groups is 1. The summed E-state index contributed by atoms with van der Waals surface area (Å²) in [6.07, 6.45) is 1.41. The van der Waals surface area contributed by atoms with Crippen LogP contribution in [0.3, 0.4) is 0 Å². The van der Waals surface area contributed by atoms with Crippen LogP contribution in [0.15, 0.2) is 77.7 Å². The fourth-order valence-corrected chi connectivity index (χ4v) is 3.31. The van der Waals surface area contributed by atoms with Gasteiger partial charge in [-0.25, -0.2) is 9.18 Å². The highest BCUT2D eigenvalue weighted by Crippen LogP contribution is 2.29. The molecule has 6 nitrogen and oxygen atoms in total. The van der Waals surface area contributed by atoms with E-state index in [-0.39, 0.29) is 16.9 Å². The maximum atomic E-state index is 13.5. The molecule has 0 fully saturated rings. The van der Waals surface area contributed by atoms with Gasteiger partial charge < -0.3 is 14.2 Å². The van der Waals surface area contributed by atoms with E-state index in [2.05, 4.69) is 0 Å². The topological polar surface area (TPSA) is 66.8 Å². The molecule has 1 heterocycles. The summed E-state index contributed by atoms with van der Waals surface area (Å²) in [5, 5.41) is 0.775. The smallest absolute Gasteiger partial charge is 0.345 e. The minimum Gasteiger partial charge on any atom is -0.493 e. The maximum absolute atomic E-state index is 13.5. The van der Waals surface area contributed by atoms with Gasteiger partial charge in [0.1, 0.15) is 11.6 Å². The summed E-state index contributed by atoms with van der Waals surface area (Å²) in [4.78, 5) is 26.1. The average Bonchev–Trinajstić information content (AvgIpc) is 2.79. The van der Waals surface area contributed by atoms with E-state index in [1.165, 1.54) is 43.2 Å². The number of hydrogen-bond acceptors (Lipinski definition) is 5. The van der Waals surface area contributed by atoms with E-state index in [4.69, 9.17) is 14.2 Å². The van der Waals surface area contributed by atoms with Crippen molar-refractivity contribution in [2.24, 2.45) is 0 Å². The zero-order valence-electron chi connectivity index (χ0n) is 16.8. The SMILES string of the molecule is COc1ccc(-n2cc(C(=O)Oc3cccc(F)c3)c3ccccc3c2=O)cc1OC. The van der Waals surface area contributed by atoms with Gasteiger partial charge in [-0.15, -0.1) is 0 Å². The van der Waals surface area contributed by atoms with Crippen LogP contribution in [0.4, 0.5) is 4.39 Å². The Kier molecular flexibility index (Phi) is 5.41. The molecule has 0 bridgehead atoms. The molecule has 156 valence electrons. The Balaban J connectivity index is 1.88. The van der Waals surface area contributed by atoms with E-state index in [0.717, 1.165) is 6.07 Å². The molecule has 0 amide bonds. The summed E-state index contributed by atoms with van der Waals surface area (Å²) in [5.41, 5.74) is 0.326. The number of ether oxygens (including phenoxy) is 3. The van der Waals surface area contributed by atoms with E-state index in [0.29, 0.717) is 28.0 Å². The third kappa shape index (κ3) is 3.85. The number of methoxy groups -OCH3 is 2. The third-order valence-corrected chi connectivity index (χ3v) is 4.80. The van der Waals surface area contributed by atoms with Crippen LogP contribution in [0.1, 0.15) is 10.4 Å². The number of pyridine rings is 1. The highest BCUT2D eigenvalue weighted by atomic mass is 19.1. The molecule has 4 rings (SSSR count). The molecule has 0 aliphatic heterocycles. The van der Waals surface area contributed by atoms with Crippen LogP contribution in [-0.2, 0) is 0 Å². The average molecular weight is 419 g/mol. The Morgan fingerprint density at radius 2 is 1.61 bits per heavy atom. The Morgan fingerprint density at radius 3 is 2.32 bits per heavy atom. The summed E-state index contributed by atoms with van der Waals surface area (Å²) in [5.74, 6) is -0.228. The zero-order valence-corrected chi connectivity index (χ0v) is 16.8. The number of benzene rings is 3. The van der Waals surface area contributed by atoms with Crippen molar-refractivity contribution < 1.29 is 23.4 Å². The van der Waals surface area contributed by atoms with Gasteiger partial charge in [0, 0.05) is 29.1 Å². The number of esters is 1. The minimum atomic E-state index is -0.712. The molecule has 1 aromatic heterocycles. The summed E-state index contributed by atoms with van der Waals surface area (Å²) in [6.45, 7) is 0. The van der Waals surface area contributed by atoms with E-state index >= 15 is 0 Å². The molecule has 0 unspecified atom stereocenters. The van der Waals surface area contributed by atoms with Crippen molar-refractivity contribution in [3.05, 3.63) is 94.7 Å². The molecule has 0 aliphatic rings. The molecule has 31 heavy (non-hydrogen) atoms. The van der Waals surface area contributed by atoms with Crippen LogP contribution in [0.25, 0.3) is 16.5 Å². The van der Waals surface area contributed by atoms with E-state index in [1.807, 2.05) is 0 Å². The lowest BCUT2D eigenvalue weighted by molar-refractivity contribution is 0.0736. The predicted octanol–water partition coefficient (Wildman–Crippen LogP) is 4.37. The Morgan fingerprint density at radius 1 is 0.871 bits per heavy atom. The quantitative estimate of drug-likeness (QED) is 0.355. The first kappa shape index (κ1) is 20.2. The predicted molar refractivity (Wildman–Crippen MR) is 114 cm³/mol. The molecule has 4 aromatic rings. The van der Waals surface area contributed by atoms with Gasteiger partial charge in [0.05, 0.1) is 25.5 Å². The second kappa shape index (κ2) is 8.31. The highest BCUT2D eigenvalue weighted by Gasteiger charge is 2.18. The minimum absolute atomic E-state index is 0.0675. The van der Waals surface area contributed by atoms with Crippen LogP contribution >= 0.6 is 0 Å². The van der Waals surface area contributed by atoms with E-state index < -0.39 is 11.8 Å². The monoisotopic (exact) mass is 419 g/mol. The van der Waals surface area contributed by atoms with Crippen molar-refractivity contribution in [3.63, 3.8) is 0 Å². The van der Waals surface area contributed by atoms with Gasteiger partial charge in [0.2, 0.25) is 0 Å². The Hall–Kier alpha value is -4.13. The van der Waals surface area contributed by atoms with Gasteiger partial charge >= 0.3 is 5.97 Å². The van der Waals surface area contributed by atoms with Crippen molar-refractivity contribution in [2.45, 2.75) is 0 Å². The number of rotatable bonds is 5. The van der Waals surface area contributed by atoms with Crippen molar-refractivity contribution in [1.29, 1.82) is 0 Å². The summed E-state index contributed by atoms with van der Waals surface area (Å²) in [6, 6.07) is 17.0. The second-order valence-electron chi connectivity index (χ2n) is 6.65. The molecule has 0 spiro atoms. The van der Waals surface area contributed by atoms with E-state index in [9.17, 15) is 14.0 Å². The lowest BCUT2D eigenvalue weighted by Gasteiger charge is -2.14. The molecule has 0 atom stereocenters. The standard InChI is InChI=1S/C24H18FNO5/c1-29-21-11-10-16(13-22(21)30-2)26-14-20(18-8-3-4-9-19(18)23(26)27)24(28)31-17-7-5-6-15(25)12-17/h3-14H,1-2H3. The largest absolute Gasteiger partial charge is 0.493 e. The van der Waals surface area contributed by atoms with Crippen LogP contribution in [0, 0.1) is 5.82 Å². The first-order chi connectivity index (χ1) is 15.0. The van der Waals surface area contributed by atoms with Crippen molar-refractivity contribution >= 4 is 16.7 Å². The molecule has 3 aromatic carbocycles. The van der Waals surface area contributed by atoms with Gasteiger partial charge in [0.25, 0.3) is 5.56 Å². The number of nitrogens with zero attached hydrogens (tertiary/aromatic N) is 1. The number of hydrogen-bond donors (Lipinski definition) is 0. The molecular formula is C24H18FNO5. The second-order valence-corrected chi connectivity index (χ2v) is 6.65. The van der Waals surface area contributed by atoms with Crippen molar-refractivity contribution in [1.82, 2.24) is 4.57 Å². The molecule has 0 N–H and O–H groups in total. The molecule has 0 aliphatic carbocycles. The number of aromatic nitrogens is 1. The highest BCUT2D eigenvalue weighted by molar-refractivity contribution is 6.04. The Bertz CT molecular complexity index is 1350.